The summed E-state index contributed by atoms with van der Waals surface area (Å²) in [7, 11) is 0. The Morgan fingerprint density at radius 2 is 1.95 bits per heavy atom. The highest BCUT2D eigenvalue weighted by Gasteiger charge is 2.12. The molecular formula is C13H10N4OS. The minimum absolute atomic E-state index is 0.242. The van der Waals surface area contributed by atoms with Gasteiger partial charge in [-0.1, -0.05) is 12.1 Å². The molecule has 2 aromatic heterocycles. The fraction of sp³-hybridized carbons (Fsp3) is 0.0769. The van der Waals surface area contributed by atoms with Crippen LogP contribution in [0.3, 0.4) is 0 Å². The second-order valence-electron chi connectivity index (χ2n) is 3.96. The van der Waals surface area contributed by atoms with Crippen LogP contribution in [0.2, 0.25) is 0 Å². The van der Waals surface area contributed by atoms with E-state index >= 15 is 0 Å². The molecule has 0 aliphatic rings. The number of hydrogen-bond acceptors (Lipinski definition) is 5. The number of anilines is 1. The average molecular weight is 270 g/mol. The molecule has 0 fully saturated rings. The van der Waals surface area contributed by atoms with E-state index < -0.39 is 0 Å². The van der Waals surface area contributed by atoms with Crippen molar-refractivity contribution < 1.29 is 4.79 Å². The van der Waals surface area contributed by atoms with Crippen LogP contribution < -0.4 is 5.32 Å². The van der Waals surface area contributed by atoms with Gasteiger partial charge in [0.05, 0.1) is 28.3 Å². The number of benzene rings is 1. The summed E-state index contributed by atoms with van der Waals surface area (Å²) in [4.78, 5) is 24.4. The zero-order valence-corrected chi connectivity index (χ0v) is 10.9. The zero-order valence-electron chi connectivity index (χ0n) is 10.1. The van der Waals surface area contributed by atoms with E-state index in [1.807, 2.05) is 24.3 Å². The third-order valence-corrected chi connectivity index (χ3v) is 3.56. The van der Waals surface area contributed by atoms with Gasteiger partial charge in [0, 0.05) is 0 Å². The van der Waals surface area contributed by atoms with E-state index in [2.05, 4.69) is 20.3 Å². The van der Waals surface area contributed by atoms with E-state index in [0.29, 0.717) is 16.5 Å². The SMILES string of the molecule is Cc1ncc(NC(=O)c2nc3ccccc3s2)cn1. The quantitative estimate of drug-likeness (QED) is 0.777. The van der Waals surface area contributed by atoms with Crippen molar-refractivity contribution >= 4 is 33.1 Å². The van der Waals surface area contributed by atoms with Gasteiger partial charge in [-0.25, -0.2) is 15.0 Å². The highest BCUT2D eigenvalue weighted by atomic mass is 32.1. The number of nitrogens with zero attached hydrogens (tertiary/aromatic N) is 3. The lowest BCUT2D eigenvalue weighted by atomic mass is 10.3. The van der Waals surface area contributed by atoms with Crippen LogP contribution in [0.4, 0.5) is 5.69 Å². The summed E-state index contributed by atoms with van der Waals surface area (Å²) < 4.78 is 0.993. The summed E-state index contributed by atoms with van der Waals surface area (Å²) in [5, 5.41) is 3.16. The van der Waals surface area contributed by atoms with Crippen LogP contribution in [0.5, 0.6) is 0 Å². The fourth-order valence-corrected chi connectivity index (χ4v) is 2.47. The molecule has 0 radical (unpaired) electrons. The van der Waals surface area contributed by atoms with Crippen molar-refractivity contribution in [1.82, 2.24) is 15.0 Å². The molecule has 0 aliphatic heterocycles. The predicted molar refractivity (Wildman–Crippen MR) is 74.3 cm³/mol. The van der Waals surface area contributed by atoms with Crippen LogP contribution in [0, 0.1) is 6.92 Å². The van der Waals surface area contributed by atoms with Gasteiger partial charge >= 0.3 is 0 Å². The Hall–Kier alpha value is -2.34. The standard InChI is InChI=1S/C13H10N4OS/c1-8-14-6-9(7-15-8)16-12(18)13-17-10-4-2-3-5-11(10)19-13/h2-7H,1H3,(H,16,18). The van der Waals surface area contributed by atoms with Crippen molar-refractivity contribution in [3.8, 4) is 0 Å². The summed E-state index contributed by atoms with van der Waals surface area (Å²) in [6.07, 6.45) is 3.15. The Kier molecular flexibility index (Phi) is 2.92. The molecule has 0 bridgehead atoms. The molecule has 0 saturated heterocycles. The van der Waals surface area contributed by atoms with Gasteiger partial charge in [0.25, 0.3) is 5.91 Å². The molecule has 94 valence electrons. The average Bonchev–Trinajstić information content (AvgIpc) is 2.85. The number of aromatic nitrogens is 3. The number of nitrogens with one attached hydrogen (secondary N) is 1. The zero-order chi connectivity index (χ0) is 13.2. The Balaban J connectivity index is 1.85. The van der Waals surface area contributed by atoms with Crippen molar-refractivity contribution in [3.63, 3.8) is 0 Å². The van der Waals surface area contributed by atoms with Gasteiger partial charge < -0.3 is 5.32 Å². The Bertz CT molecular complexity index is 703. The highest BCUT2D eigenvalue weighted by Crippen LogP contribution is 2.22. The number of carbonyl (C=O) groups is 1. The van der Waals surface area contributed by atoms with Crippen molar-refractivity contribution in [1.29, 1.82) is 0 Å². The first-order valence-electron chi connectivity index (χ1n) is 5.68. The van der Waals surface area contributed by atoms with Crippen molar-refractivity contribution in [2.45, 2.75) is 6.92 Å². The molecule has 0 spiro atoms. The third kappa shape index (κ3) is 2.43. The Morgan fingerprint density at radius 1 is 1.21 bits per heavy atom. The molecule has 1 amide bonds. The van der Waals surface area contributed by atoms with Gasteiger partial charge in [-0.2, -0.15) is 0 Å². The van der Waals surface area contributed by atoms with E-state index in [1.54, 1.807) is 19.3 Å². The maximum atomic E-state index is 12.0. The molecule has 6 heteroatoms. The van der Waals surface area contributed by atoms with Crippen molar-refractivity contribution in [3.05, 3.63) is 47.5 Å². The van der Waals surface area contributed by atoms with E-state index in [-0.39, 0.29) is 5.91 Å². The lowest BCUT2D eigenvalue weighted by Crippen LogP contribution is -2.12. The molecule has 0 aliphatic carbocycles. The number of aryl methyl sites for hydroxylation is 1. The fourth-order valence-electron chi connectivity index (χ4n) is 1.61. The smallest absolute Gasteiger partial charge is 0.284 e. The number of hydrogen-bond donors (Lipinski definition) is 1. The Morgan fingerprint density at radius 3 is 2.68 bits per heavy atom. The summed E-state index contributed by atoms with van der Waals surface area (Å²) in [5.41, 5.74) is 1.40. The van der Waals surface area contributed by atoms with Gasteiger partial charge in [0.1, 0.15) is 5.82 Å². The first kappa shape index (κ1) is 11.7. The number of amides is 1. The van der Waals surface area contributed by atoms with Gasteiger partial charge in [-0.3, -0.25) is 4.79 Å². The Labute approximate surface area is 113 Å². The number of carbonyl (C=O) groups excluding carboxylic acids is 1. The third-order valence-electron chi connectivity index (χ3n) is 2.53. The normalized spacial score (nSPS) is 10.6. The topological polar surface area (TPSA) is 67.8 Å². The van der Waals surface area contributed by atoms with Crippen LogP contribution >= 0.6 is 11.3 Å². The molecule has 0 saturated carbocycles. The maximum Gasteiger partial charge on any atom is 0.284 e. The molecule has 5 nitrogen and oxygen atoms in total. The second kappa shape index (κ2) is 4.74. The number of para-hydroxylation sites is 1. The van der Waals surface area contributed by atoms with Crippen LogP contribution in [-0.4, -0.2) is 20.9 Å². The predicted octanol–water partition coefficient (Wildman–Crippen LogP) is 2.65. The molecule has 0 unspecified atom stereocenters. The summed E-state index contributed by atoms with van der Waals surface area (Å²) >= 11 is 1.36. The van der Waals surface area contributed by atoms with Gasteiger partial charge in [-0.05, 0) is 19.1 Å². The van der Waals surface area contributed by atoms with Crippen LogP contribution in [-0.2, 0) is 0 Å². The molecule has 19 heavy (non-hydrogen) atoms. The molecule has 0 atom stereocenters. The van der Waals surface area contributed by atoms with Crippen LogP contribution in [0.15, 0.2) is 36.7 Å². The minimum atomic E-state index is -0.242. The minimum Gasteiger partial charge on any atom is -0.317 e. The monoisotopic (exact) mass is 270 g/mol. The van der Waals surface area contributed by atoms with Crippen LogP contribution in [0.25, 0.3) is 10.2 Å². The maximum absolute atomic E-state index is 12.0. The van der Waals surface area contributed by atoms with Crippen LogP contribution in [0.1, 0.15) is 15.6 Å². The number of fused-ring (bicyclic) bond motifs is 1. The second-order valence-corrected chi connectivity index (χ2v) is 4.99. The van der Waals surface area contributed by atoms with Gasteiger partial charge in [0.15, 0.2) is 5.01 Å². The number of thiazole rings is 1. The van der Waals surface area contributed by atoms with E-state index in [1.165, 1.54) is 11.3 Å². The molecule has 3 rings (SSSR count). The lowest BCUT2D eigenvalue weighted by Gasteiger charge is -2.01. The first-order valence-corrected chi connectivity index (χ1v) is 6.49. The van der Waals surface area contributed by atoms with E-state index in [9.17, 15) is 4.79 Å². The number of rotatable bonds is 2. The summed E-state index contributed by atoms with van der Waals surface area (Å²) in [6.45, 7) is 1.79. The van der Waals surface area contributed by atoms with Crippen molar-refractivity contribution in [2.75, 3.05) is 5.32 Å². The lowest BCUT2D eigenvalue weighted by molar-refractivity contribution is 0.102. The molecular weight excluding hydrogens is 260 g/mol. The van der Waals surface area contributed by atoms with Gasteiger partial charge in [-0.15, -0.1) is 11.3 Å². The molecule has 1 aromatic carbocycles. The molecule has 3 aromatic rings. The molecule has 1 N–H and O–H groups in total. The summed E-state index contributed by atoms with van der Waals surface area (Å²) in [5.74, 6) is 0.423. The van der Waals surface area contributed by atoms with Crippen molar-refractivity contribution in [2.24, 2.45) is 0 Å². The summed E-state index contributed by atoms with van der Waals surface area (Å²) in [6, 6.07) is 7.66. The first-order chi connectivity index (χ1) is 9.22. The van der Waals surface area contributed by atoms with E-state index in [0.717, 1.165) is 10.2 Å². The highest BCUT2D eigenvalue weighted by molar-refractivity contribution is 7.20. The molecule has 2 heterocycles. The van der Waals surface area contributed by atoms with E-state index in [4.69, 9.17) is 0 Å². The van der Waals surface area contributed by atoms with Gasteiger partial charge in [0.2, 0.25) is 0 Å². The largest absolute Gasteiger partial charge is 0.317 e.